The second-order valence-electron chi connectivity index (χ2n) is 2.18. The van der Waals surface area contributed by atoms with Crippen molar-refractivity contribution in [3.63, 3.8) is 0 Å². The topological polar surface area (TPSA) is 43.1 Å². The van der Waals surface area contributed by atoms with E-state index < -0.39 is 11.7 Å². The molecule has 11 heavy (non-hydrogen) atoms. The number of carbonyl (C=O) groups is 1. The molecule has 2 N–H and O–H groups in total. The van der Waals surface area contributed by atoms with Crippen molar-refractivity contribution in [3.05, 3.63) is 42.1 Å². The molecule has 0 aliphatic heterocycles. The maximum atomic E-state index is 12.8. The molecular formula is C8H7FNO. The van der Waals surface area contributed by atoms with Crippen LogP contribution in [0.4, 0.5) is 4.39 Å². The Morgan fingerprint density at radius 2 is 2.18 bits per heavy atom. The Morgan fingerprint density at radius 3 is 2.64 bits per heavy atom. The van der Waals surface area contributed by atoms with Crippen LogP contribution in [-0.2, 0) is 0 Å². The van der Waals surface area contributed by atoms with E-state index in [-0.39, 0.29) is 5.56 Å². The Morgan fingerprint density at radius 1 is 1.55 bits per heavy atom. The molecule has 1 radical (unpaired) electrons. The van der Waals surface area contributed by atoms with Crippen molar-refractivity contribution in [2.45, 2.75) is 0 Å². The molecule has 0 saturated carbocycles. The molecule has 0 bridgehead atoms. The average molecular weight is 152 g/mol. The molecule has 0 fully saturated rings. The van der Waals surface area contributed by atoms with Crippen LogP contribution < -0.4 is 5.73 Å². The van der Waals surface area contributed by atoms with Crippen molar-refractivity contribution >= 4 is 5.91 Å². The first kappa shape index (κ1) is 7.72. The van der Waals surface area contributed by atoms with Gasteiger partial charge >= 0.3 is 0 Å². The Kier molecular flexibility index (Phi) is 1.89. The summed E-state index contributed by atoms with van der Waals surface area (Å²) >= 11 is 0. The van der Waals surface area contributed by atoms with E-state index in [1.165, 1.54) is 18.2 Å². The van der Waals surface area contributed by atoms with Gasteiger partial charge in [0.25, 0.3) is 5.91 Å². The highest BCUT2D eigenvalue weighted by molar-refractivity contribution is 5.93. The highest BCUT2D eigenvalue weighted by Gasteiger charge is 2.06. The molecule has 3 heteroatoms. The number of amides is 1. The predicted molar refractivity (Wildman–Crippen MR) is 39.4 cm³/mol. The number of nitrogens with two attached hydrogens (primary N) is 1. The lowest BCUT2D eigenvalue weighted by Crippen LogP contribution is -2.12. The van der Waals surface area contributed by atoms with Gasteiger partial charge in [-0.25, -0.2) is 4.39 Å². The molecule has 2 nitrogen and oxygen atoms in total. The number of hydrogen-bond donors (Lipinski definition) is 1. The van der Waals surface area contributed by atoms with Crippen LogP contribution in [0.3, 0.4) is 0 Å². The number of halogens is 1. The number of primary amides is 1. The molecule has 0 heterocycles. The number of hydrogen-bond acceptors (Lipinski definition) is 1. The van der Waals surface area contributed by atoms with Gasteiger partial charge < -0.3 is 5.73 Å². The number of carbonyl (C=O) groups excluding carboxylic acids is 1. The highest BCUT2D eigenvalue weighted by Crippen LogP contribution is 2.08. The van der Waals surface area contributed by atoms with Crippen LogP contribution in [0.1, 0.15) is 15.9 Å². The summed E-state index contributed by atoms with van der Waals surface area (Å²) in [7, 11) is 0. The minimum absolute atomic E-state index is 0.0996. The van der Waals surface area contributed by atoms with Gasteiger partial charge in [0, 0.05) is 0 Å². The summed E-state index contributed by atoms with van der Waals surface area (Å²) in [6.07, 6.45) is 0. The van der Waals surface area contributed by atoms with Crippen LogP contribution in [0.25, 0.3) is 0 Å². The summed E-state index contributed by atoms with van der Waals surface area (Å²) in [6.45, 7) is 3.49. The molecule has 1 amide bonds. The third-order valence-electron chi connectivity index (χ3n) is 1.30. The Bertz CT molecular complexity index is 296. The Labute approximate surface area is 63.8 Å². The Balaban J connectivity index is 3.20. The van der Waals surface area contributed by atoms with Crippen molar-refractivity contribution in [3.8, 4) is 0 Å². The summed E-state index contributed by atoms with van der Waals surface area (Å²) in [5.74, 6) is -1.38. The highest BCUT2D eigenvalue weighted by atomic mass is 19.1. The second kappa shape index (κ2) is 2.70. The van der Waals surface area contributed by atoms with Gasteiger partial charge in [-0.3, -0.25) is 4.79 Å². The van der Waals surface area contributed by atoms with E-state index in [4.69, 9.17) is 5.73 Å². The fourth-order valence-electron chi connectivity index (χ4n) is 0.758. The summed E-state index contributed by atoms with van der Waals surface area (Å²) in [4.78, 5) is 10.5. The lowest BCUT2D eigenvalue weighted by atomic mass is 10.1. The van der Waals surface area contributed by atoms with E-state index in [9.17, 15) is 9.18 Å². The smallest absolute Gasteiger partial charge is 0.251 e. The number of benzene rings is 1. The lowest BCUT2D eigenvalue weighted by Gasteiger charge is -1.97. The van der Waals surface area contributed by atoms with Crippen LogP contribution in [-0.4, -0.2) is 5.91 Å². The molecule has 0 spiro atoms. The fourth-order valence-corrected chi connectivity index (χ4v) is 0.758. The minimum Gasteiger partial charge on any atom is -0.366 e. The molecule has 0 saturated heterocycles. The molecule has 0 aromatic heterocycles. The summed E-state index contributed by atoms with van der Waals surface area (Å²) in [5.41, 5.74) is 5.29. The zero-order chi connectivity index (χ0) is 8.43. The van der Waals surface area contributed by atoms with E-state index in [2.05, 4.69) is 6.92 Å². The monoisotopic (exact) mass is 152 g/mol. The van der Waals surface area contributed by atoms with Crippen molar-refractivity contribution in [1.82, 2.24) is 0 Å². The first-order valence-corrected chi connectivity index (χ1v) is 3.02. The number of rotatable bonds is 1. The van der Waals surface area contributed by atoms with Crippen LogP contribution >= 0.6 is 0 Å². The second-order valence-corrected chi connectivity index (χ2v) is 2.18. The van der Waals surface area contributed by atoms with Gasteiger partial charge in [0.05, 0.1) is 5.56 Å². The van der Waals surface area contributed by atoms with Crippen LogP contribution in [0, 0.1) is 12.7 Å². The van der Waals surface area contributed by atoms with E-state index in [1.807, 2.05) is 0 Å². The third kappa shape index (κ3) is 1.55. The van der Waals surface area contributed by atoms with Crippen LogP contribution in [0.2, 0.25) is 0 Å². The van der Waals surface area contributed by atoms with Crippen molar-refractivity contribution in [1.29, 1.82) is 0 Å². The zero-order valence-electron chi connectivity index (χ0n) is 5.80. The minimum atomic E-state index is -0.762. The van der Waals surface area contributed by atoms with Gasteiger partial charge in [-0.15, -0.1) is 0 Å². The lowest BCUT2D eigenvalue weighted by molar-refractivity contribution is 0.0996. The standard InChI is InChI=1S/C8H7FNO/c1-5-2-3-6(8(10)11)7(9)4-5/h2-4H,1H2,(H2,10,11). The quantitative estimate of drug-likeness (QED) is 0.643. The van der Waals surface area contributed by atoms with E-state index in [1.54, 1.807) is 0 Å². The van der Waals surface area contributed by atoms with Crippen molar-refractivity contribution in [2.24, 2.45) is 5.73 Å². The normalized spacial score (nSPS) is 9.64. The van der Waals surface area contributed by atoms with E-state index in [0.29, 0.717) is 5.56 Å². The molecule has 0 aliphatic rings. The molecule has 1 aromatic rings. The summed E-state index contributed by atoms with van der Waals surface area (Å²) in [6, 6.07) is 4.02. The largest absolute Gasteiger partial charge is 0.366 e. The molecule has 0 atom stereocenters. The van der Waals surface area contributed by atoms with Gasteiger partial charge in [0.15, 0.2) is 0 Å². The molecule has 57 valence electrons. The zero-order valence-corrected chi connectivity index (χ0v) is 5.80. The molecule has 0 aliphatic carbocycles. The van der Waals surface area contributed by atoms with Crippen molar-refractivity contribution in [2.75, 3.05) is 0 Å². The molecule has 0 unspecified atom stereocenters. The fraction of sp³-hybridized carbons (Fsp3) is 0. The van der Waals surface area contributed by atoms with Gasteiger partial charge in [-0.05, 0) is 24.6 Å². The van der Waals surface area contributed by atoms with Crippen molar-refractivity contribution < 1.29 is 9.18 Å². The third-order valence-corrected chi connectivity index (χ3v) is 1.30. The van der Waals surface area contributed by atoms with Gasteiger partial charge in [-0.2, -0.15) is 0 Å². The maximum absolute atomic E-state index is 12.8. The molecular weight excluding hydrogens is 145 g/mol. The Hall–Kier alpha value is -1.38. The van der Waals surface area contributed by atoms with Gasteiger partial charge in [-0.1, -0.05) is 6.07 Å². The molecule has 1 rings (SSSR count). The first-order valence-electron chi connectivity index (χ1n) is 3.02. The van der Waals surface area contributed by atoms with Gasteiger partial charge in [0.2, 0.25) is 0 Å². The van der Waals surface area contributed by atoms with Gasteiger partial charge in [0.1, 0.15) is 5.82 Å². The van der Waals surface area contributed by atoms with E-state index >= 15 is 0 Å². The maximum Gasteiger partial charge on any atom is 0.251 e. The SMILES string of the molecule is [CH2]c1ccc(C(N)=O)c(F)c1. The average Bonchev–Trinajstić information content (AvgIpc) is 1.85. The summed E-state index contributed by atoms with van der Waals surface area (Å²) in [5, 5.41) is 0. The van der Waals surface area contributed by atoms with Crippen LogP contribution in [0.15, 0.2) is 18.2 Å². The van der Waals surface area contributed by atoms with E-state index in [0.717, 1.165) is 0 Å². The molecule has 1 aromatic carbocycles. The van der Waals surface area contributed by atoms with Crippen LogP contribution in [0.5, 0.6) is 0 Å². The predicted octanol–water partition coefficient (Wildman–Crippen LogP) is 1.11. The summed E-state index contributed by atoms with van der Waals surface area (Å²) < 4.78 is 12.8. The first-order chi connectivity index (χ1) is 5.11.